The largest absolute Gasteiger partial charge is 0.466 e. The Labute approximate surface area is 147 Å². The van der Waals surface area contributed by atoms with Crippen LogP contribution in [0.5, 0.6) is 0 Å². The minimum Gasteiger partial charge on any atom is -0.466 e. The molecule has 2 N–H and O–H groups in total. The minimum atomic E-state index is 0.472. The van der Waals surface area contributed by atoms with Crippen LogP contribution in [-0.2, 0) is 6.54 Å². The zero-order chi connectivity index (χ0) is 16.9. The number of rotatable bonds is 4. The Hall–Kier alpha value is -1.95. The van der Waals surface area contributed by atoms with Crippen molar-refractivity contribution in [1.29, 1.82) is 0 Å². The van der Waals surface area contributed by atoms with Crippen molar-refractivity contribution in [2.24, 2.45) is 4.99 Å². The zero-order valence-electron chi connectivity index (χ0n) is 14.6. The van der Waals surface area contributed by atoms with Crippen LogP contribution in [0.4, 0.5) is 5.00 Å². The third-order valence-electron chi connectivity index (χ3n) is 4.47. The molecule has 3 rings (SSSR count). The van der Waals surface area contributed by atoms with Crippen LogP contribution < -0.4 is 15.5 Å². The van der Waals surface area contributed by atoms with Crippen LogP contribution in [0.25, 0.3) is 0 Å². The van der Waals surface area contributed by atoms with Gasteiger partial charge in [-0.2, -0.15) is 0 Å². The molecular weight excluding hydrogens is 320 g/mol. The van der Waals surface area contributed by atoms with Gasteiger partial charge in [-0.15, -0.1) is 11.3 Å². The number of hydrogen-bond donors (Lipinski definition) is 2. The van der Waals surface area contributed by atoms with Gasteiger partial charge in [0.15, 0.2) is 5.96 Å². The van der Waals surface area contributed by atoms with Crippen molar-refractivity contribution < 1.29 is 4.42 Å². The van der Waals surface area contributed by atoms with E-state index < -0.39 is 0 Å². The molecule has 0 bridgehead atoms. The molecule has 2 aromatic heterocycles. The molecule has 130 valence electrons. The fourth-order valence-electron chi connectivity index (χ4n) is 3.12. The molecule has 6 heteroatoms. The molecule has 1 fully saturated rings. The summed E-state index contributed by atoms with van der Waals surface area (Å²) in [4.78, 5) is 6.82. The lowest BCUT2D eigenvalue weighted by molar-refractivity contribution is 0.462. The Morgan fingerprint density at radius 3 is 2.75 bits per heavy atom. The summed E-state index contributed by atoms with van der Waals surface area (Å²) in [6.45, 7) is 6.90. The molecule has 1 saturated heterocycles. The lowest BCUT2D eigenvalue weighted by Gasteiger charge is -2.33. The number of nitrogens with zero attached hydrogens (tertiary/aromatic N) is 2. The lowest BCUT2D eigenvalue weighted by atomic mass is 10.1. The van der Waals surface area contributed by atoms with Crippen LogP contribution in [0.15, 0.2) is 33.0 Å². The zero-order valence-corrected chi connectivity index (χ0v) is 15.4. The first kappa shape index (κ1) is 16.9. The normalized spacial score (nSPS) is 16.5. The van der Waals surface area contributed by atoms with E-state index in [9.17, 15) is 0 Å². The highest BCUT2D eigenvalue weighted by molar-refractivity contribution is 7.14. The number of furan rings is 1. The van der Waals surface area contributed by atoms with E-state index in [-0.39, 0.29) is 0 Å². The Kier molecular flexibility index (Phi) is 5.45. The number of hydrogen-bond acceptors (Lipinski definition) is 4. The minimum absolute atomic E-state index is 0.472. The molecule has 1 aliphatic heterocycles. The Bertz CT molecular complexity index is 669. The van der Waals surface area contributed by atoms with Crippen LogP contribution in [0.3, 0.4) is 0 Å². The first-order chi connectivity index (χ1) is 11.7. The number of piperidine rings is 1. The standard InChI is InChI=1S/C18H26N4OS/c1-13-11-15(14(2)23-13)12-20-18(19-3)21-16-6-8-22(9-7-16)17-5-4-10-24-17/h4-5,10-11,16H,6-9,12H2,1-3H3,(H2,19,20,21). The Morgan fingerprint density at radius 2 is 2.17 bits per heavy atom. The topological polar surface area (TPSA) is 52.8 Å². The third kappa shape index (κ3) is 4.12. The van der Waals surface area contributed by atoms with Crippen molar-refractivity contribution in [3.8, 4) is 0 Å². The highest BCUT2D eigenvalue weighted by Gasteiger charge is 2.20. The van der Waals surface area contributed by atoms with E-state index >= 15 is 0 Å². The van der Waals surface area contributed by atoms with E-state index in [1.54, 1.807) is 0 Å². The molecule has 0 radical (unpaired) electrons. The van der Waals surface area contributed by atoms with Gasteiger partial charge in [-0.05, 0) is 50.3 Å². The second kappa shape index (κ2) is 7.75. The van der Waals surface area contributed by atoms with Gasteiger partial charge in [-0.3, -0.25) is 4.99 Å². The predicted octanol–water partition coefficient (Wildman–Crippen LogP) is 3.29. The SMILES string of the molecule is CN=C(NCc1cc(C)oc1C)NC1CCN(c2cccs2)CC1. The van der Waals surface area contributed by atoms with Gasteiger partial charge in [0.25, 0.3) is 0 Å². The van der Waals surface area contributed by atoms with Crippen LogP contribution in [-0.4, -0.2) is 32.1 Å². The Morgan fingerprint density at radius 1 is 1.38 bits per heavy atom. The predicted molar refractivity (Wildman–Crippen MR) is 101 cm³/mol. The van der Waals surface area contributed by atoms with Gasteiger partial charge in [-0.1, -0.05) is 0 Å². The van der Waals surface area contributed by atoms with Gasteiger partial charge >= 0.3 is 0 Å². The fraction of sp³-hybridized carbons (Fsp3) is 0.500. The summed E-state index contributed by atoms with van der Waals surface area (Å²) >= 11 is 1.82. The fourth-order valence-corrected chi connectivity index (χ4v) is 3.91. The molecule has 0 atom stereocenters. The summed E-state index contributed by atoms with van der Waals surface area (Å²) in [5.41, 5.74) is 1.18. The number of nitrogens with one attached hydrogen (secondary N) is 2. The summed E-state index contributed by atoms with van der Waals surface area (Å²) in [7, 11) is 1.82. The molecule has 1 aliphatic rings. The quantitative estimate of drug-likeness (QED) is 0.659. The average Bonchev–Trinajstić information content (AvgIpc) is 3.22. The van der Waals surface area contributed by atoms with Gasteiger partial charge in [-0.25, -0.2) is 0 Å². The molecule has 2 aromatic rings. The van der Waals surface area contributed by atoms with Crippen molar-refractivity contribution in [3.05, 3.63) is 40.7 Å². The second-order valence-electron chi connectivity index (χ2n) is 6.22. The smallest absolute Gasteiger partial charge is 0.191 e. The number of anilines is 1. The van der Waals surface area contributed by atoms with Crippen molar-refractivity contribution in [3.63, 3.8) is 0 Å². The van der Waals surface area contributed by atoms with E-state index in [1.165, 1.54) is 10.6 Å². The molecule has 24 heavy (non-hydrogen) atoms. The molecule has 0 aliphatic carbocycles. The molecule has 3 heterocycles. The summed E-state index contributed by atoms with van der Waals surface area (Å²) in [5.74, 6) is 2.79. The van der Waals surface area contributed by atoms with E-state index in [2.05, 4.69) is 44.1 Å². The first-order valence-electron chi connectivity index (χ1n) is 8.47. The van der Waals surface area contributed by atoms with Crippen molar-refractivity contribution in [1.82, 2.24) is 10.6 Å². The monoisotopic (exact) mass is 346 g/mol. The maximum Gasteiger partial charge on any atom is 0.191 e. The molecule has 0 aromatic carbocycles. The van der Waals surface area contributed by atoms with E-state index in [4.69, 9.17) is 4.42 Å². The summed E-state index contributed by atoms with van der Waals surface area (Å²) < 4.78 is 5.57. The molecule has 0 saturated carbocycles. The van der Waals surface area contributed by atoms with Gasteiger partial charge in [0.05, 0.1) is 5.00 Å². The first-order valence-corrected chi connectivity index (χ1v) is 9.35. The van der Waals surface area contributed by atoms with Crippen LogP contribution in [0.1, 0.15) is 29.9 Å². The third-order valence-corrected chi connectivity index (χ3v) is 5.40. The molecule has 0 amide bonds. The highest BCUT2D eigenvalue weighted by Crippen LogP contribution is 2.24. The van der Waals surface area contributed by atoms with E-state index in [0.717, 1.165) is 50.0 Å². The molecule has 0 unspecified atom stereocenters. The van der Waals surface area contributed by atoms with Crippen LogP contribution in [0, 0.1) is 13.8 Å². The van der Waals surface area contributed by atoms with Gasteiger partial charge < -0.3 is 20.0 Å². The summed E-state index contributed by atoms with van der Waals surface area (Å²) in [6, 6.07) is 6.87. The van der Waals surface area contributed by atoms with E-state index in [1.807, 2.05) is 32.2 Å². The van der Waals surface area contributed by atoms with Crippen molar-refractivity contribution in [2.45, 2.75) is 39.3 Å². The van der Waals surface area contributed by atoms with Gasteiger partial charge in [0.1, 0.15) is 11.5 Å². The highest BCUT2D eigenvalue weighted by atomic mass is 32.1. The number of aliphatic imine (C=N–C) groups is 1. The maximum atomic E-state index is 5.57. The second-order valence-corrected chi connectivity index (χ2v) is 7.15. The number of guanidine groups is 1. The van der Waals surface area contributed by atoms with Crippen molar-refractivity contribution in [2.75, 3.05) is 25.0 Å². The van der Waals surface area contributed by atoms with Crippen molar-refractivity contribution >= 4 is 22.3 Å². The van der Waals surface area contributed by atoms with Crippen LogP contribution >= 0.6 is 11.3 Å². The number of thiophene rings is 1. The lowest BCUT2D eigenvalue weighted by Crippen LogP contribution is -2.48. The van der Waals surface area contributed by atoms with Gasteiger partial charge in [0, 0.05) is 38.3 Å². The number of aryl methyl sites for hydroxylation is 2. The average molecular weight is 347 g/mol. The molecule has 0 spiro atoms. The van der Waals surface area contributed by atoms with Crippen LogP contribution in [0.2, 0.25) is 0 Å². The Balaban J connectivity index is 1.47. The molecule has 5 nitrogen and oxygen atoms in total. The summed E-state index contributed by atoms with van der Waals surface area (Å²) in [5, 5.41) is 10.5. The van der Waals surface area contributed by atoms with Gasteiger partial charge in [0.2, 0.25) is 0 Å². The molecular formula is C18H26N4OS. The van der Waals surface area contributed by atoms with E-state index in [0.29, 0.717) is 6.04 Å². The summed E-state index contributed by atoms with van der Waals surface area (Å²) in [6.07, 6.45) is 2.25. The maximum absolute atomic E-state index is 5.57.